The molecule has 2 rings (SSSR count). The number of ether oxygens (including phenoxy) is 2. The first-order valence-electron chi connectivity index (χ1n) is 6.07. The smallest absolute Gasteiger partial charge is 0.323 e. The Kier molecular flexibility index (Phi) is 3.51. The number of nitrogens with two attached hydrogens (primary N) is 1. The average Bonchev–Trinajstić information content (AvgIpc) is 2.58. The molecule has 0 amide bonds. The van der Waals surface area contributed by atoms with Gasteiger partial charge in [0.2, 0.25) is 11.9 Å². The van der Waals surface area contributed by atoms with E-state index in [4.69, 9.17) is 15.2 Å². The van der Waals surface area contributed by atoms with Crippen molar-refractivity contribution in [2.45, 2.75) is 38.8 Å². The second-order valence-electron chi connectivity index (χ2n) is 4.54. The Morgan fingerprint density at radius 3 is 2.89 bits per heavy atom. The molecule has 18 heavy (non-hydrogen) atoms. The normalized spacial score (nSPS) is 27.2. The maximum absolute atomic E-state index is 5.63. The number of hydrogen-bond acceptors (Lipinski definition) is 7. The summed E-state index contributed by atoms with van der Waals surface area (Å²) in [6.45, 7) is 7.17. The number of nitrogens with zero attached hydrogens (tertiary/aromatic N) is 3. The molecule has 2 heterocycles. The van der Waals surface area contributed by atoms with Gasteiger partial charge in [0, 0.05) is 6.61 Å². The van der Waals surface area contributed by atoms with E-state index in [0.717, 1.165) is 13.0 Å². The number of hydrogen-bond donors (Lipinski definition) is 2. The SMILES string of the molecule is CCOc1nc(N)nc(NC2(C)CCOC2C)n1. The minimum absolute atomic E-state index is 0.0889. The first kappa shape index (κ1) is 12.8. The fraction of sp³-hybridized carbons (Fsp3) is 0.727. The van der Waals surface area contributed by atoms with Gasteiger partial charge in [0.25, 0.3) is 0 Å². The average molecular weight is 253 g/mol. The summed E-state index contributed by atoms with van der Waals surface area (Å²) in [7, 11) is 0. The molecule has 0 spiro atoms. The molecule has 1 aromatic rings. The van der Waals surface area contributed by atoms with Crippen LogP contribution in [0.1, 0.15) is 27.2 Å². The molecule has 0 saturated carbocycles. The Labute approximate surface area is 106 Å². The lowest BCUT2D eigenvalue weighted by Gasteiger charge is -2.28. The molecule has 1 aromatic heterocycles. The van der Waals surface area contributed by atoms with E-state index in [1.54, 1.807) is 0 Å². The lowest BCUT2D eigenvalue weighted by molar-refractivity contribution is 0.105. The Morgan fingerprint density at radius 2 is 2.28 bits per heavy atom. The van der Waals surface area contributed by atoms with Crippen molar-refractivity contribution < 1.29 is 9.47 Å². The highest BCUT2D eigenvalue weighted by Gasteiger charge is 2.37. The summed E-state index contributed by atoms with van der Waals surface area (Å²) in [6.07, 6.45) is 0.982. The standard InChI is InChI=1S/C11H19N5O2/c1-4-17-10-14-8(12)13-9(15-10)16-11(3)5-6-18-7(11)2/h7H,4-6H2,1-3H3,(H3,12,13,14,15,16). The zero-order valence-electron chi connectivity index (χ0n) is 10.9. The van der Waals surface area contributed by atoms with Crippen LogP contribution >= 0.6 is 0 Å². The van der Waals surface area contributed by atoms with Crippen LogP contribution in [0.15, 0.2) is 0 Å². The maximum atomic E-state index is 5.63. The van der Waals surface area contributed by atoms with Crippen LogP contribution in [0.5, 0.6) is 6.01 Å². The summed E-state index contributed by atoms with van der Waals surface area (Å²) in [6, 6.07) is 0.239. The number of nitrogen functional groups attached to an aromatic ring is 1. The molecule has 7 nitrogen and oxygen atoms in total. The van der Waals surface area contributed by atoms with Crippen LogP contribution < -0.4 is 15.8 Å². The van der Waals surface area contributed by atoms with Crippen LogP contribution in [-0.2, 0) is 4.74 Å². The number of anilines is 2. The molecular weight excluding hydrogens is 234 g/mol. The number of aromatic nitrogens is 3. The molecule has 0 aromatic carbocycles. The van der Waals surface area contributed by atoms with Crippen LogP contribution in [-0.4, -0.2) is 39.8 Å². The molecule has 100 valence electrons. The van der Waals surface area contributed by atoms with Gasteiger partial charge in [-0.2, -0.15) is 15.0 Å². The van der Waals surface area contributed by atoms with Gasteiger partial charge in [-0.05, 0) is 27.2 Å². The second kappa shape index (κ2) is 4.93. The van der Waals surface area contributed by atoms with Gasteiger partial charge in [-0.15, -0.1) is 0 Å². The lowest BCUT2D eigenvalue weighted by atomic mass is 9.95. The molecule has 3 N–H and O–H groups in total. The first-order chi connectivity index (χ1) is 8.53. The third-order valence-corrected chi connectivity index (χ3v) is 3.19. The quantitative estimate of drug-likeness (QED) is 0.820. The van der Waals surface area contributed by atoms with Gasteiger partial charge in [-0.3, -0.25) is 0 Å². The Hall–Kier alpha value is -1.63. The maximum Gasteiger partial charge on any atom is 0.323 e. The fourth-order valence-corrected chi connectivity index (χ4v) is 1.88. The van der Waals surface area contributed by atoms with Crippen molar-refractivity contribution in [3.63, 3.8) is 0 Å². The van der Waals surface area contributed by atoms with Crippen molar-refractivity contribution in [1.82, 2.24) is 15.0 Å². The highest BCUT2D eigenvalue weighted by atomic mass is 16.5. The topological polar surface area (TPSA) is 95.2 Å². The molecule has 1 saturated heterocycles. The van der Waals surface area contributed by atoms with E-state index in [0.29, 0.717) is 12.6 Å². The third-order valence-electron chi connectivity index (χ3n) is 3.19. The van der Waals surface area contributed by atoms with Crippen molar-refractivity contribution in [2.75, 3.05) is 24.3 Å². The van der Waals surface area contributed by atoms with Crippen LogP contribution in [0.3, 0.4) is 0 Å². The van der Waals surface area contributed by atoms with E-state index in [1.807, 2.05) is 13.8 Å². The molecule has 1 fully saturated rings. The van der Waals surface area contributed by atoms with Gasteiger partial charge in [-0.1, -0.05) is 0 Å². The highest BCUT2D eigenvalue weighted by molar-refractivity contribution is 5.36. The molecule has 0 bridgehead atoms. The van der Waals surface area contributed by atoms with E-state index in [1.165, 1.54) is 0 Å². The molecule has 1 aliphatic rings. The monoisotopic (exact) mass is 253 g/mol. The second-order valence-corrected chi connectivity index (χ2v) is 4.54. The third kappa shape index (κ3) is 2.61. The van der Waals surface area contributed by atoms with Gasteiger partial charge >= 0.3 is 6.01 Å². The lowest BCUT2D eigenvalue weighted by Crippen LogP contribution is -2.41. The summed E-state index contributed by atoms with van der Waals surface area (Å²) in [5.74, 6) is 0.567. The van der Waals surface area contributed by atoms with E-state index < -0.39 is 0 Å². The molecule has 2 unspecified atom stereocenters. The van der Waals surface area contributed by atoms with Crippen molar-refractivity contribution in [2.24, 2.45) is 0 Å². The van der Waals surface area contributed by atoms with Crippen LogP contribution in [0.25, 0.3) is 0 Å². The summed E-state index contributed by atoms with van der Waals surface area (Å²) < 4.78 is 10.8. The van der Waals surface area contributed by atoms with Crippen LogP contribution in [0, 0.1) is 0 Å². The summed E-state index contributed by atoms with van der Waals surface area (Å²) in [5, 5.41) is 3.26. The van der Waals surface area contributed by atoms with Gasteiger partial charge in [0.1, 0.15) is 0 Å². The number of nitrogens with one attached hydrogen (secondary N) is 1. The zero-order valence-corrected chi connectivity index (χ0v) is 10.9. The highest BCUT2D eigenvalue weighted by Crippen LogP contribution is 2.28. The Morgan fingerprint density at radius 1 is 1.50 bits per heavy atom. The van der Waals surface area contributed by atoms with Gasteiger partial charge in [0.05, 0.1) is 18.2 Å². The molecule has 1 aliphatic heterocycles. The van der Waals surface area contributed by atoms with Gasteiger partial charge in [0.15, 0.2) is 0 Å². The largest absolute Gasteiger partial charge is 0.464 e. The van der Waals surface area contributed by atoms with E-state index in [9.17, 15) is 0 Å². The molecule has 0 aliphatic carbocycles. The van der Waals surface area contributed by atoms with Crippen LogP contribution in [0.4, 0.5) is 11.9 Å². The predicted molar refractivity (Wildman–Crippen MR) is 67.5 cm³/mol. The fourth-order valence-electron chi connectivity index (χ4n) is 1.88. The van der Waals surface area contributed by atoms with Gasteiger partial charge in [-0.25, -0.2) is 0 Å². The van der Waals surface area contributed by atoms with E-state index in [2.05, 4.69) is 27.2 Å². The minimum atomic E-state index is -0.197. The molecule has 2 atom stereocenters. The summed E-state index contributed by atoms with van der Waals surface area (Å²) in [4.78, 5) is 12.1. The zero-order chi connectivity index (χ0) is 13.2. The van der Waals surface area contributed by atoms with E-state index in [-0.39, 0.29) is 23.6 Å². The van der Waals surface area contributed by atoms with Crippen LogP contribution in [0.2, 0.25) is 0 Å². The minimum Gasteiger partial charge on any atom is -0.464 e. The first-order valence-corrected chi connectivity index (χ1v) is 6.07. The Bertz CT molecular complexity index is 428. The van der Waals surface area contributed by atoms with Crippen molar-refractivity contribution in [3.05, 3.63) is 0 Å². The van der Waals surface area contributed by atoms with Gasteiger partial charge < -0.3 is 20.5 Å². The van der Waals surface area contributed by atoms with Crippen molar-refractivity contribution >= 4 is 11.9 Å². The van der Waals surface area contributed by atoms with Crippen molar-refractivity contribution in [1.29, 1.82) is 0 Å². The number of rotatable bonds is 4. The molecular formula is C11H19N5O2. The molecule has 0 radical (unpaired) electrons. The summed E-state index contributed by atoms with van der Waals surface area (Å²) in [5.41, 5.74) is 5.43. The predicted octanol–water partition coefficient (Wildman–Crippen LogP) is 0.832. The van der Waals surface area contributed by atoms with E-state index >= 15 is 0 Å². The summed E-state index contributed by atoms with van der Waals surface area (Å²) >= 11 is 0. The van der Waals surface area contributed by atoms with Crippen molar-refractivity contribution in [3.8, 4) is 6.01 Å². The molecule has 7 heteroatoms. The Balaban J connectivity index is 2.18.